The Morgan fingerprint density at radius 3 is 2.00 bits per heavy atom. The molecule has 5 atom stereocenters. The fourth-order valence-corrected chi connectivity index (χ4v) is 3.04. The van der Waals surface area contributed by atoms with Crippen LogP contribution < -0.4 is 33.2 Å². The van der Waals surface area contributed by atoms with Gasteiger partial charge in [0.2, 0.25) is 17.7 Å². The molecule has 0 aromatic rings. The Bertz CT molecular complexity index is 700. The van der Waals surface area contributed by atoms with Crippen molar-refractivity contribution >= 4 is 42.3 Å². The van der Waals surface area contributed by atoms with Crippen LogP contribution in [0.2, 0.25) is 0 Å². The zero-order chi connectivity index (χ0) is 25.7. The summed E-state index contributed by atoms with van der Waals surface area (Å²) in [6.07, 6.45) is 1.26. The highest BCUT2D eigenvalue weighted by Crippen LogP contribution is 2.09. The van der Waals surface area contributed by atoms with Gasteiger partial charge in [0, 0.05) is 12.3 Å². The number of guanidine groups is 1. The van der Waals surface area contributed by atoms with Crippen LogP contribution in [0.1, 0.15) is 47.0 Å². The summed E-state index contributed by atoms with van der Waals surface area (Å²) < 4.78 is 0. The molecule has 0 aliphatic carbocycles. The predicted molar refractivity (Wildman–Crippen MR) is 129 cm³/mol. The molecule has 0 spiro atoms. The molecule has 190 valence electrons. The highest BCUT2D eigenvalue weighted by molar-refractivity contribution is 7.80. The second-order valence-electron chi connectivity index (χ2n) is 8.23. The number of nitrogens with zero attached hydrogens (tertiary/aromatic N) is 1. The number of carboxylic acid groups (broad SMARTS) is 1. The van der Waals surface area contributed by atoms with Crippen LogP contribution in [0.25, 0.3) is 0 Å². The van der Waals surface area contributed by atoms with E-state index in [1.165, 1.54) is 0 Å². The van der Waals surface area contributed by atoms with Crippen molar-refractivity contribution in [3.8, 4) is 0 Å². The van der Waals surface area contributed by atoms with E-state index in [0.717, 1.165) is 0 Å². The molecule has 0 aliphatic rings. The number of thiol groups is 1. The lowest BCUT2D eigenvalue weighted by molar-refractivity contribution is -0.142. The van der Waals surface area contributed by atoms with Crippen molar-refractivity contribution in [3.05, 3.63) is 0 Å². The first kappa shape index (κ1) is 30.5. The predicted octanol–water partition coefficient (Wildman–Crippen LogP) is -1.46. The van der Waals surface area contributed by atoms with Gasteiger partial charge in [0.05, 0.1) is 6.04 Å². The number of carboxylic acids is 1. The molecule has 0 aromatic carbocycles. The fourth-order valence-electron chi connectivity index (χ4n) is 2.79. The number of aliphatic carboxylic acids is 1. The molecule has 5 unspecified atom stereocenters. The van der Waals surface area contributed by atoms with Gasteiger partial charge in [-0.1, -0.05) is 34.1 Å². The first-order valence-electron chi connectivity index (χ1n) is 10.9. The van der Waals surface area contributed by atoms with Gasteiger partial charge in [0.1, 0.15) is 18.1 Å². The van der Waals surface area contributed by atoms with Crippen LogP contribution in [0.4, 0.5) is 0 Å². The van der Waals surface area contributed by atoms with Crippen LogP contribution >= 0.6 is 12.6 Å². The Morgan fingerprint density at radius 2 is 1.55 bits per heavy atom. The van der Waals surface area contributed by atoms with Gasteiger partial charge in [-0.25, -0.2) is 4.79 Å². The number of hydrogen-bond donors (Lipinski definition) is 8. The van der Waals surface area contributed by atoms with Crippen LogP contribution in [0.3, 0.4) is 0 Å². The first-order chi connectivity index (χ1) is 15.3. The first-order valence-corrected chi connectivity index (χ1v) is 11.5. The molecule has 3 amide bonds. The molecule has 0 rings (SSSR count). The highest BCUT2D eigenvalue weighted by Gasteiger charge is 2.32. The summed E-state index contributed by atoms with van der Waals surface area (Å²) in [5, 5.41) is 16.8. The third-order valence-corrected chi connectivity index (χ3v) is 5.55. The largest absolute Gasteiger partial charge is 0.480 e. The molecule has 12 nitrogen and oxygen atoms in total. The van der Waals surface area contributed by atoms with E-state index in [2.05, 4.69) is 33.6 Å². The zero-order valence-electron chi connectivity index (χ0n) is 19.7. The van der Waals surface area contributed by atoms with E-state index < -0.39 is 47.9 Å². The zero-order valence-corrected chi connectivity index (χ0v) is 20.6. The number of carbonyl (C=O) groups is 4. The van der Waals surface area contributed by atoms with Gasteiger partial charge < -0.3 is 38.3 Å². The lowest BCUT2D eigenvalue weighted by Crippen LogP contribution is -2.59. The summed E-state index contributed by atoms with van der Waals surface area (Å²) in [5.74, 6) is -3.65. The van der Waals surface area contributed by atoms with Crippen molar-refractivity contribution in [1.82, 2.24) is 16.0 Å². The Labute approximate surface area is 200 Å². The minimum Gasteiger partial charge on any atom is -0.480 e. The molecule has 10 N–H and O–H groups in total. The van der Waals surface area contributed by atoms with Gasteiger partial charge in [-0.2, -0.15) is 12.6 Å². The molecule has 0 saturated carbocycles. The normalized spacial score (nSPS) is 15.5. The highest BCUT2D eigenvalue weighted by atomic mass is 32.1. The molecule has 0 saturated heterocycles. The van der Waals surface area contributed by atoms with Gasteiger partial charge in [0.25, 0.3) is 0 Å². The van der Waals surface area contributed by atoms with Crippen LogP contribution in [0.15, 0.2) is 4.99 Å². The van der Waals surface area contributed by atoms with Crippen molar-refractivity contribution in [2.24, 2.45) is 34.0 Å². The molecule has 13 heteroatoms. The van der Waals surface area contributed by atoms with Gasteiger partial charge in [-0.3, -0.25) is 19.4 Å². The molecule has 0 fully saturated rings. The van der Waals surface area contributed by atoms with E-state index in [0.29, 0.717) is 12.8 Å². The summed E-state index contributed by atoms with van der Waals surface area (Å²) in [6.45, 7) is 7.38. The van der Waals surface area contributed by atoms with E-state index in [1.54, 1.807) is 13.8 Å². The summed E-state index contributed by atoms with van der Waals surface area (Å²) in [6, 6.07) is -4.03. The van der Waals surface area contributed by atoms with Crippen molar-refractivity contribution in [2.75, 3.05) is 12.3 Å². The topological polar surface area (TPSA) is 215 Å². The molecule has 0 aromatic heterocycles. The second-order valence-corrected chi connectivity index (χ2v) is 8.60. The summed E-state index contributed by atoms with van der Waals surface area (Å²) >= 11 is 3.92. The third-order valence-electron chi connectivity index (χ3n) is 5.18. The molecule has 0 aliphatic heterocycles. The Morgan fingerprint density at radius 1 is 0.970 bits per heavy atom. The van der Waals surface area contributed by atoms with E-state index in [9.17, 15) is 19.2 Å². The number of nitrogens with two attached hydrogens (primary N) is 3. The van der Waals surface area contributed by atoms with Crippen LogP contribution in [0, 0.1) is 11.8 Å². The van der Waals surface area contributed by atoms with E-state index in [1.807, 2.05) is 13.8 Å². The number of rotatable bonds is 15. The maximum Gasteiger partial charge on any atom is 0.327 e. The van der Waals surface area contributed by atoms with Crippen molar-refractivity contribution in [3.63, 3.8) is 0 Å². The maximum atomic E-state index is 13.0. The Kier molecular flexibility index (Phi) is 14.1. The maximum absolute atomic E-state index is 13.0. The average Bonchev–Trinajstić information content (AvgIpc) is 2.75. The van der Waals surface area contributed by atoms with Crippen LogP contribution in [0.5, 0.6) is 0 Å². The second kappa shape index (κ2) is 15.3. The third kappa shape index (κ3) is 11.2. The minimum absolute atomic E-state index is 0.0902. The van der Waals surface area contributed by atoms with Crippen molar-refractivity contribution < 1.29 is 24.3 Å². The lowest BCUT2D eigenvalue weighted by Gasteiger charge is -2.27. The number of nitrogens with one attached hydrogen (secondary N) is 3. The van der Waals surface area contributed by atoms with Crippen molar-refractivity contribution in [2.45, 2.75) is 71.1 Å². The number of aliphatic imine (C=N–C) groups is 1. The molecular formula is C20H39N7O5S. The molecule has 33 heavy (non-hydrogen) atoms. The standard InChI is InChI=1S/C20H39N7O5S/c1-5-11(4)14(21)17(29)25-12(7-6-8-24-20(22)23)16(28)27-15(10(2)3)18(30)26-13(9-33)19(31)32/h10-15,33H,5-9,21H2,1-4H3,(H,25,29)(H,26,30)(H,27,28)(H,31,32)(H4,22,23,24). The summed E-state index contributed by atoms with van der Waals surface area (Å²) in [5.41, 5.74) is 16.6. The monoisotopic (exact) mass is 489 g/mol. The minimum atomic E-state index is -1.24. The number of carbonyl (C=O) groups excluding carboxylic acids is 3. The Hall–Kier alpha value is -2.54. The summed E-state index contributed by atoms with van der Waals surface area (Å²) in [7, 11) is 0. The van der Waals surface area contributed by atoms with E-state index in [-0.39, 0.29) is 36.5 Å². The number of hydrogen-bond acceptors (Lipinski definition) is 7. The van der Waals surface area contributed by atoms with Crippen LogP contribution in [-0.2, 0) is 19.2 Å². The summed E-state index contributed by atoms with van der Waals surface area (Å²) in [4.78, 5) is 53.3. The smallest absolute Gasteiger partial charge is 0.327 e. The lowest BCUT2D eigenvalue weighted by atomic mass is 9.98. The van der Waals surface area contributed by atoms with Crippen molar-refractivity contribution in [1.29, 1.82) is 0 Å². The average molecular weight is 490 g/mol. The van der Waals surface area contributed by atoms with Crippen LogP contribution in [-0.4, -0.2) is 71.2 Å². The molecule has 0 heterocycles. The quantitative estimate of drug-likeness (QED) is 0.0587. The number of amides is 3. The fraction of sp³-hybridized carbons (Fsp3) is 0.750. The molecular weight excluding hydrogens is 450 g/mol. The molecule has 0 bridgehead atoms. The SMILES string of the molecule is CCC(C)C(N)C(=O)NC(CCCN=C(N)N)C(=O)NC(C(=O)NC(CS)C(=O)O)C(C)C. The van der Waals surface area contributed by atoms with Gasteiger partial charge in [-0.15, -0.1) is 0 Å². The van der Waals surface area contributed by atoms with Gasteiger partial charge >= 0.3 is 5.97 Å². The Balaban J connectivity index is 5.49. The molecule has 0 radical (unpaired) electrons. The van der Waals surface area contributed by atoms with Gasteiger partial charge in [0.15, 0.2) is 5.96 Å². The van der Waals surface area contributed by atoms with E-state index >= 15 is 0 Å². The van der Waals surface area contributed by atoms with Gasteiger partial charge in [-0.05, 0) is 24.7 Å². The van der Waals surface area contributed by atoms with E-state index in [4.69, 9.17) is 22.3 Å².